The molecule has 3 aromatic carbocycles. The summed E-state index contributed by atoms with van der Waals surface area (Å²) in [6.45, 7) is 5.53. The fraction of sp³-hybridized carbons (Fsp3) is 0.286. The van der Waals surface area contributed by atoms with Gasteiger partial charge in [-0.1, -0.05) is 67.6 Å². The molecule has 0 aliphatic carbocycles. The van der Waals surface area contributed by atoms with Crippen LogP contribution in [-0.2, 0) is 4.79 Å². The molecule has 33 heavy (non-hydrogen) atoms. The Morgan fingerprint density at radius 2 is 1.48 bits per heavy atom. The van der Waals surface area contributed by atoms with E-state index in [0.29, 0.717) is 6.54 Å². The van der Waals surface area contributed by atoms with Gasteiger partial charge in [-0.25, -0.2) is 4.79 Å². The number of nitrogens with one attached hydrogen (secondary N) is 1. The van der Waals surface area contributed by atoms with E-state index in [4.69, 9.17) is 0 Å². The molecule has 1 fully saturated rings. The highest BCUT2D eigenvalue weighted by atomic mass is 16.2. The second kappa shape index (κ2) is 10.3. The lowest BCUT2D eigenvalue weighted by Gasteiger charge is -2.39. The molecule has 5 heteroatoms. The number of carbonyl (C=O) groups is 2. The van der Waals surface area contributed by atoms with E-state index in [1.54, 1.807) is 0 Å². The molecule has 3 amide bonds. The molecule has 0 saturated carbocycles. The van der Waals surface area contributed by atoms with Crippen LogP contribution in [0.5, 0.6) is 0 Å². The van der Waals surface area contributed by atoms with Gasteiger partial charge < -0.3 is 10.2 Å². The number of carbonyl (C=O) groups excluding carboxylic acids is 2. The Hall–Kier alpha value is -3.60. The summed E-state index contributed by atoms with van der Waals surface area (Å²) >= 11 is 0. The third-order valence-corrected chi connectivity index (χ3v) is 6.38. The molecule has 0 radical (unpaired) electrons. The summed E-state index contributed by atoms with van der Waals surface area (Å²) in [6.07, 6.45) is 1.64. The van der Waals surface area contributed by atoms with Crippen LogP contribution in [0.25, 0.3) is 0 Å². The summed E-state index contributed by atoms with van der Waals surface area (Å²) in [4.78, 5) is 29.9. The van der Waals surface area contributed by atoms with Crippen LogP contribution in [-0.4, -0.2) is 29.9 Å². The van der Waals surface area contributed by atoms with Gasteiger partial charge in [-0.05, 0) is 55.2 Å². The van der Waals surface area contributed by atoms with Crippen molar-refractivity contribution in [3.05, 3.63) is 96.1 Å². The summed E-state index contributed by atoms with van der Waals surface area (Å²) in [6, 6.07) is 27.6. The number of rotatable bonds is 7. The molecule has 2 atom stereocenters. The third-order valence-electron chi connectivity index (χ3n) is 6.38. The highest BCUT2D eigenvalue weighted by molar-refractivity contribution is 5.97. The Morgan fingerprint density at radius 1 is 0.879 bits per heavy atom. The molecule has 1 aliphatic rings. The Labute approximate surface area is 196 Å². The first kappa shape index (κ1) is 22.6. The van der Waals surface area contributed by atoms with E-state index in [2.05, 4.69) is 24.4 Å². The van der Waals surface area contributed by atoms with Gasteiger partial charge in [0.25, 0.3) is 0 Å². The van der Waals surface area contributed by atoms with E-state index in [1.165, 1.54) is 0 Å². The van der Waals surface area contributed by atoms with Crippen molar-refractivity contribution in [2.24, 2.45) is 0 Å². The fourth-order valence-corrected chi connectivity index (χ4v) is 4.47. The first-order chi connectivity index (χ1) is 16.1. The molecule has 3 aromatic rings. The number of hydrogen-bond acceptors (Lipinski definition) is 2. The van der Waals surface area contributed by atoms with E-state index in [1.807, 2.05) is 89.5 Å². The highest BCUT2D eigenvalue weighted by Crippen LogP contribution is 2.28. The minimum Gasteiger partial charge on any atom is -0.326 e. The van der Waals surface area contributed by atoms with Crippen molar-refractivity contribution in [1.29, 1.82) is 0 Å². The molecular weight excluding hydrogens is 410 g/mol. The Balaban J connectivity index is 1.44. The second-order valence-corrected chi connectivity index (χ2v) is 8.48. The summed E-state index contributed by atoms with van der Waals surface area (Å²) in [5, 5.41) is 3.03. The van der Waals surface area contributed by atoms with Crippen molar-refractivity contribution < 1.29 is 9.59 Å². The van der Waals surface area contributed by atoms with Crippen LogP contribution in [0.15, 0.2) is 84.9 Å². The molecular formula is C28H31N3O2. The smallest absolute Gasteiger partial charge is 0.324 e. The van der Waals surface area contributed by atoms with Crippen LogP contribution < -0.4 is 10.2 Å². The van der Waals surface area contributed by atoms with Crippen LogP contribution >= 0.6 is 0 Å². The largest absolute Gasteiger partial charge is 0.326 e. The Kier molecular flexibility index (Phi) is 7.08. The van der Waals surface area contributed by atoms with E-state index in [0.717, 1.165) is 41.9 Å². The maximum absolute atomic E-state index is 13.3. The number of urea groups is 1. The number of amides is 3. The van der Waals surface area contributed by atoms with Gasteiger partial charge in [-0.15, -0.1) is 0 Å². The predicted octanol–water partition coefficient (Wildman–Crippen LogP) is 6.21. The molecule has 1 saturated heterocycles. The third kappa shape index (κ3) is 5.08. The average molecular weight is 442 g/mol. The zero-order valence-electron chi connectivity index (χ0n) is 19.3. The normalized spacial score (nSPS) is 15.8. The quantitative estimate of drug-likeness (QED) is 0.474. The van der Waals surface area contributed by atoms with Crippen molar-refractivity contribution in [1.82, 2.24) is 4.90 Å². The van der Waals surface area contributed by atoms with Crippen LogP contribution in [0.4, 0.5) is 16.2 Å². The molecule has 0 bridgehead atoms. The lowest BCUT2D eigenvalue weighted by molar-refractivity contribution is -0.117. The van der Waals surface area contributed by atoms with Gasteiger partial charge in [0.15, 0.2) is 0 Å². The zero-order valence-corrected chi connectivity index (χ0v) is 19.3. The van der Waals surface area contributed by atoms with Gasteiger partial charge >= 0.3 is 6.03 Å². The van der Waals surface area contributed by atoms with Crippen molar-refractivity contribution in [2.75, 3.05) is 23.3 Å². The lowest BCUT2D eigenvalue weighted by Crippen LogP contribution is -2.50. The standard InChI is InChI=1S/C28H31N3O2/c1-3-26(23-13-8-5-9-14-23)27(32)29-24-15-17-25(18-16-24)31-20-10-19-30(28(31)33)21(2)22-11-6-4-7-12-22/h4-9,11-18,21,26H,3,10,19-20H2,1-2H3,(H,29,32)/t21-,26-/m1/s1. The minimum absolute atomic E-state index is 0.0176. The molecule has 1 aliphatic heterocycles. The maximum Gasteiger partial charge on any atom is 0.324 e. The predicted molar refractivity (Wildman–Crippen MR) is 133 cm³/mol. The molecule has 0 spiro atoms. The van der Waals surface area contributed by atoms with E-state index < -0.39 is 0 Å². The molecule has 0 unspecified atom stereocenters. The first-order valence-electron chi connectivity index (χ1n) is 11.7. The van der Waals surface area contributed by atoms with Gasteiger partial charge in [0.2, 0.25) is 5.91 Å². The summed E-state index contributed by atoms with van der Waals surface area (Å²) in [7, 11) is 0. The zero-order chi connectivity index (χ0) is 23.2. The summed E-state index contributed by atoms with van der Waals surface area (Å²) in [5.41, 5.74) is 3.73. The van der Waals surface area contributed by atoms with Gasteiger partial charge in [0, 0.05) is 24.5 Å². The average Bonchev–Trinajstić information content (AvgIpc) is 2.86. The monoisotopic (exact) mass is 441 g/mol. The summed E-state index contributed by atoms with van der Waals surface area (Å²) in [5.74, 6) is -0.212. The molecule has 4 rings (SSSR count). The van der Waals surface area contributed by atoms with Gasteiger partial charge in [0.05, 0.1) is 12.0 Å². The maximum atomic E-state index is 13.3. The van der Waals surface area contributed by atoms with Gasteiger partial charge in [-0.3, -0.25) is 9.69 Å². The lowest BCUT2D eigenvalue weighted by atomic mass is 9.95. The highest BCUT2D eigenvalue weighted by Gasteiger charge is 2.30. The second-order valence-electron chi connectivity index (χ2n) is 8.48. The van der Waals surface area contributed by atoms with Crippen molar-refractivity contribution in [2.45, 2.75) is 38.6 Å². The number of benzene rings is 3. The SMILES string of the molecule is CC[C@@H](C(=O)Nc1ccc(N2CCCN([C@H](C)c3ccccc3)C2=O)cc1)c1ccccc1. The minimum atomic E-state index is -0.192. The van der Waals surface area contributed by atoms with E-state index in [-0.39, 0.29) is 23.9 Å². The van der Waals surface area contributed by atoms with Crippen molar-refractivity contribution >= 4 is 23.3 Å². The van der Waals surface area contributed by atoms with Crippen LogP contribution in [0.3, 0.4) is 0 Å². The molecule has 5 nitrogen and oxygen atoms in total. The molecule has 1 N–H and O–H groups in total. The summed E-state index contributed by atoms with van der Waals surface area (Å²) < 4.78 is 0. The number of nitrogens with zero attached hydrogens (tertiary/aromatic N) is 2. The first-order valence-corrected chi connectivity index (χ1v) is 11.7. The van der Waals surface area contributed by atoms with Crippen LogP contribution in [0.1, 0.15) is 49.8 Å². The van der Waals surface area contributed by atoms with Crippen LogP contribution in [0.2, 0.25) is 0 Å². The van der Waals surface area contributed by atoms with E-state index >= 15 is 0 Å². The van der Waals surface area contributed by atoms with Gasteiger partial charge in [-0.2, -0.15) is 0 Å². The van der Waals surface area contributed by atoms with Gasteiger partial charge in [0.1, 0.15) is 0 Å². The fourth-order valence-electron chi connectivity index (χ4n) is 4.47. The Bertz CT molecular complexity index is 1070. The molecule has 0 aromatic heterocycles. The van der Waals surface area contributed by atoms with E-state index in [9.17, 15) is 9.59 Å². The number of hydrogen-bond donors (Lipinski definition) is 1. The molecule has 170 valence electrons. The topological polar surface area (TPSA) is 52.7 Å². The molecule has 1 heterocycles. The van der Waals surface area contributed by atoms with Crippen molar-refractivity contribution in [3.63, 3.8) is 0 Å². The number of anilines is 2. The van der Waals surface area contributed by atoms with Crippen LogP contribution in [0, 0.1) is 0 Å². The van der Waals surface area contributed by atoms with Crippen molar-refractivity contribution in [3.8, 4) is 0 Å². The Morgan fingerprint density at radius 3 is 2.09 bits per heavy atom.